The lowest BCUT2D eigenvalue weighted by atomic mass is 10.1. The SMILES string of the molecule is COc1ccc(OC)c(-c2ccc(C(=O)N3CCN(C/C=C/c4ccccc4)CC3)c(N(C)C)n2)c1. The van der Waals surface area contributed by atoms with Gasteiger partial charge in [-0.05, 0) is 35.9 Å². The molecule has 36 heavy (non-hydrogen) atoms. The lowest BCUT2D eigenvalue weighted by molar-refractivity contribution is 0.0650. The minimum atomic E-state index is 0.00911. The molecule has 1 aliphatic heterocycles. The number of hydrogen-bond donors (Lipinski definition) is 0. The number of hydrogen-bond acceptors (Lipinski definition) is 6. The maximum Gasteiger partial charge on any atom is 0.257 e. The Balaban J connectivity index is 1.46. The van der Waals surface area contributed by atoms with E-state index in [1.807, 2.05) is 72.4 Å². The number of benzene rings is 2. The second kappa shape index (κ2) is 11.7. The van der Waals surface area contributed by atoms with Crippen molar-refractivity contribution in [2.75, 3.05) is 65.9 Å². The lowest BCUT2D eigenvalue weighted by Crippen LogP contribution is -2.48. The normalized spacial score (nSPS) is 14.2. The van der Waals surface area contributed by atoms with Crippen molar-refractivity contribution < 1.29 is 14.3 Å². The van der Waals surface area contributed by atoms with Crippen molar-refractivity contribution >= 4 is 17.8 Å². The third kappa shape index (κ3) is 5.86. The largest absolute Gasteiger partial charge is 0.497 e. The molecule has 2 heterocycles. The zero-order chi connectivity index (χ0) is 25.5. The van der Waals surface area contributed by atoms with Crippen LogP contribution in [0.3, 0.4) is 0 Å². The van der Waals surface area contributed by atoms with Crippen LogP contribution < -0.4 is 14.4 Å². The van der Waals surface area contributed by atoms with Crippen molar-refractivity contribution in [2.45, 2.75) is 0 Å². The Bertz CT molecular complexity index is 1200. The van der Waals surface area contributed by atoms with Gasteiger partial charge in [-0.15, -0.1) is 0 Å². The number of carbonyl (C=O) groups excluding carboxylic acids is 1. The molecule has 0 radical (unpaired) electrons. The molecule has 0 atom stereocenters. The van der Waals surface area contributed by atoms with Gasteiger partial charge >= 0.3 is 0 Å². The van der Waals surface area contributed by atoms with Gasteiger partial charge < -0.3 is 19.3 Å². The van der Waals surface area contributed by atoms with E-state index in [0.717, 1.165) is 36.6 Å². The summed E-state index contributed by atoms with van der Waals surface area (Å²) in [5.74, 6) is 2.06. The maximum atomic E-state index is 13.5. The summed E-state index contributed by atoms with van der Waals surface area (Å²) in [5, 5.41) is 0. The van der Waals surface area contributed by atoms with E-state index in [-0.39, 0.29) is 5.91 Å². The average Bonchev–Trinajstić information content (AvgIpc) is 2.93. The molecule has 2 aromatic carbocycles. The van der Waals surface area contributed by atoms with Crippen molar-refractivity contribution in [1.82, 2.24) is 14.8 Å². The number of aromatic nitrogens is 1. The zero-order valence-corrected chi connectivity index (χ0v) is 21.5. The van der Waals surface area contributed by atoms with Gasteiger partial charge in [0, 0.05) is 52.4 Å². The second-order valence-corrected chi connectivity index (χ2v) is 8.93. The first-order valence-electron chi connectivity index (χ1n) is 12.1. The fraction of sp³-hybridized carbons (Fsp3) is 0.310. The van der Waals surface area contributed by atoms with E-state index >= 15 is 0 Å². The maximum absolute atomic E-state index is 13.5. The molecule has 3 aromatic rings. The number of ether oxygens (including phenoxy) is 2. The van der Waals surface area contributed by atoms with Crippen LogP contribution in [0, 0.1) is 0 Å². The van der Waals surface area contributed by atoms with Gasteiger partial charge in [-0.1, -0.05) is 42.5 Å². The van der Waals surface area contributed by atoms with E-state index in [1.165, 1.54) is 5.56 Å². The van der Waals surface area contributed by atoms with Crippen LogP contribution in [0.15, 0.2) is 66.7 Å². The molecule has 1 fully saturated rings. The van der Waals surface area contributed by atoms with Gasteiger partial charge in [0.2, 0.25) is 0 Å². The van der Waals surface area contributed by atoms with Crippen LogP contribution in [-0.4, -0.2) is 81.7 Å². The van der Waals surface area contributed by atoms with Gasteiger partial charge in [0.1, 0.15) is 17.3 Å². The number of piperazine rings is 1. The first-order chi connectivity index (χ1) is 17.5. The predicted octanol–water partition coefficient (Wildman–Crippen LogP) is 4.30. The molecule has 7 heteroatoms. The highest BCUT2D eigenvalue weighted by Crippen LogP contribution is 2.34. The van der Waals surface area contributed by atoms with Gasteiger partial charge in [-0.2, -0.15) is 0 Å². The van der Waals surface area contributed by atoms with Crippen molar-refractivity contribution in [3.8, 4) is 22.8 Å². The molecule has 1 saturated heterocycles. The molecular weight excluding hydrogens is 452 g/mol. The molecule has 0 N–H and O–H groups in total. The number of methoxy groups -OCH3 is 2. The van der Waals surface area contributed by atoms with Crippen LogP contribution in [0.25, 0.3) is 17.3 Å². The fourth-order valence-corrected chi connectivity index (χ4v) is 4.33. The minimum Gasteiger partial charge on any atom is -0.497 e. The highest BCUT2D eigenvalue weighted by atomic mass is 16.5. The molecule has 4 rings (SSSR count). The number of carbonyl (C=O) groups is 1. The highest BCUT2D eigenvalue weighted by molar-refractivity contribution is 5.99. The average molecular weight is 487 g/mol. The minimum absolute atomic E-state index is 0.00911. The second-order valence-electron chi connectivity index (χ2n) is 8.93. The van der Waals surface area contributed by atoms with Crippen molar-refractivity contribution in [3.63, 3.8) is 0 Å². The van der Waals surface area contributed by atoms with E-state index in [2.05, 4.69) is 29.2 Å². The van der Waals surface area contributed by atoms with Crippen LogP contribution in [0.4, 0.5) is 5.82 Å². The summed E-state index contributed by atoms with van der Waals surface area (Å²) in [7, 11) is 7.07. The van der Waals surface area contributed by atoms with E-state index in [9.17, 15) is 4.79 Å². The quantitative estimate of drug-likeness (QED) is 0.473. The highest BCUT2D eigenvalue weighted by Gasteiger charge is 2.25. The Morgan fingerprint density at radius 3 is 2.39 bits per heavy atom. The van der Waals surface area contributed by atoms with Gasteiger partial charge in [-0.25, -0.2) is 4.98 Å². The Kier molecular flexibility index (Phi) is 8.23. The smallest absolute Gasteiger partial charge is 0.257 e. The van der Waals surface area contributed by atoms with E-state index in [4.69, 9.17) is 14.5 Å². The number of nitrogens with zero attached hydrogens (tertiary/aromatic N) is 4. The first-order valence-corrected chi connectivity index (χ1v) is 12.1. The molecule has 0 spiro atoms. The summed E-state index contributed by atoms with van der Waals surface area (Å²) in [6.45, 7) is 3.94. The monoisotopic (exact) mass is 486 g/mol. The number of anilines is 1. The Morgan fingerprint density at radius 1 is 0.972 bits per heavy atom. The van der Waals surface area contributed by atoms with Crippen LogP contribution in [0.1, 0.15) is 15.9 Å². The van der Waals surface area contributed by atoms with Gasteiger partial charge in [0.25, 0.3) is 5.91 Å². The third-order valence-corrected chi connectivity index (χ3v) is 6.34. The molecule has 0 unspecified atom stereocenters. The number of amides is 1. The lowest BCUT2D eigenvalue weighted by Gasteiger charge is -2.34. The van der Waals surface area contributed by atoms with Gasteiger partial charge in [-0.3, -0.25) is 9.69 Å². The summed E-state index contributed by atoms with van der Waals surface area (Å²) in [4.78, 5) is 24.5. The standard InChI is InChI=1S/C29H34N4O3/c1-31(2)28-24(13-14-26(30-28)25-21-23(35-3)12-15-27(25)36-4)29(34)33-19-17-32(18-20-33)16-8-11-22-9-6-5-7-10-22/h5-15,21H,16-20H2,1-4H3/b11-8+. The van der Waals surface area contributed by atoms with Crippen LogP contribution in [0.2, 0.25) is 0 Å². The van der Waals surface area contributed by atoms with E-state index < -0.39 is 0 Å². The summed E-state index contributed by atoms with van der Waals surface area (Å²) in [5.41, 5.74) is 3.34. The van der Waals surface area contributed by atoms with Crippen molar-refractivity contribution in [3.05, 3.63) is 77.9 Å². The molecular formula is C29H34N4O3. The molecule has 0 bridgehead atoms. The summed E-state index contributed by atoms with van der Waals surface area (Å²) in [6.07, 6.45) is 4.33. The topological polar surface area (TPSA) is 58.1 Å². The Hall–Kier alpha value is -3.84. The molecule has 1 aromatic heterocycles. The first kappa shape index (κ1) is 25.3. The van der Waals surface area contributed by atoms with Crippen LogP contribution in [0.5, 0.6) is 11.5 Å². The van der Waals surface area contributed by atoms with Crippen LogP contribution >= 0.6 is 0 Å². The van der Waals surface area contributed by atoms with Crippen molar-refractivity contribution in [1.29, 1.82) is 0 Å². The summed E-state index contributed by atoms with van der Waals surface area (Å²) >= 11 is 0. The van der Waals surface area contributed by atoms with E-state index in [1.54, 1.807) is 14.2 Å². The molecule has 0 aliphatic carbocycles. The summed E-state index contributed by atoms with van der Waals surface area (Å²) < 4.78 is 10.9. The predicted molar refractivity (Wildman–Crippen MR) is 145 cm³/mol. The van der Waals surface area contributed by atoms with Gasteiger partial charge in [0.05, 0.1) is 25.5 Å². The number of pyridine rings is 1. The Labute approximate surface area is 213 Å². The summed E-state index contributed by atoms with van der Waals surface area (Å²) in [6, 6.07) is 19.7. The van der Waals surface area contributed by atoms with Crippen molar-refractivity contribution in [2.24, 2.45) is 0 Å². The molecule has 188 valence electrons. The number of rotatable bonds is 8. The van der Waals surface area contributed by atoms with Crippen LogP contribution in [-0.2, 0) is 0 Å². The van der Waals surface area contributed by atoms with E-state index in [0.29, 0.717) is 30.2 Å². The zero-order valence-electron chi connectivity index (χ0n) is 21.5. The molecule has 7 nitrogen and oxygen atoms in total. The fourth-order valence-electron chi connectivity index (χ4n) is 4.33. The Morgan fingerprint density at radius 2 is 1.72 bits per heavy atom. The van der Waals surface area contributed by atoms with Gasteiger partial charge in [0.15, 0.2) is 0 Å². The molecule has 1 amide bonds. The molecule has 0 saturated carbocycles. The third-order valence-electron chi connectivity index (χ3n) is 6.34. The molecule has 1 aliphatic rings.